The summed E-state index contributed by atoms with van der Waals surface area (Å²) in [6, 6.07) is 14.1. The zero-order chi connectivity index (χ0) is 10.7. The number of fused-ring (bicyclic) bond motifs is 1. The van der Waals surface area contributed by atoms with E-state index < -0.39 is 0 Å². The Bertz CT molecular complexity index is 524. The van der Waals surface area contributed by atoms with Gasteiger partial charge in [-0.2, -0.15) is 0 Å². The van der Waals surface area contributed by atoms with E-state index in [1.807, 2.05) is 30.3 Å². The summed E-state index contributed by atoms with van der Waals surface area (Å²) in [5.41, 5.74) is 1.04. The van der Waals surface area contributed by atoms with Crippen molar-refractivity contribution < 1.29 is 4.79 Å². The molecule has 2 aromatic rings. The number of hydrogen-bond acceptors (Lipinski definition) is 1. The van der Waals surface area contributed by atoms with Crippen LogP contribution in [0.1, 0.15) is 5.56 Å². The fourth-order valence-corrected chi connectivity index (χ4v) is 2.04. The van der Waals surface area contributed by atoms with Crippen molar-refractivity contribution in [1.29, 1.82) is 0 Å². The van der Waals surface area contributed by atoms with Crippen LogP contribution in [0.2, 0.25) is 0 Å². The molecule has 0 aliphatic carbocycles. The van der Waals surface area contributed by atoms with Crippen molar-refractivity contribution in [2.45, 2.75) is 0 Å². The second kappa shape index (κ2) is 4.41. The minimum Gasteiger partial charge on any atom is -0.299 e. The molecule has 0 atom stereocenters. The molecular weight excluding hydrogens is 252 g/mol. The van der Waals surface area contributed by atoms with E-state index in [4.69, 9.17) is 0 Å². The molecule has 0 aromatic heterocycles. The van der Waals surface area contributed by atoms with E-state index in [0.29, 0.717) is 0 Å². The van der Waals surface area contributed by atoms with Gasteiger partial charge >= 0.3 is 0 Å². The van der Waals surface area contributed by atoms with Gasteiger partial charge in [-0.25, -0.2) is 0 Å². The molecule has 0 N–H and O–H groups in total. The van der Waals surface area contributed by atoms with Gasteiger partial charge in [0.1, 0.15) is 6.29 Å². The molecule has 2 heteroatoms. The standard InChI is InChI=1S/C13H9BrO/c14-13(8-9-15)12-7-3-5-10-4-1-2-6-11(10)12/h1-9H/b13-8-. The Labute approximate surface area is 96.5 Å². The van der Waals surface area contributed by atoms with E-state index in [1.165, 1.54) is 11.5 Å². The van der Waals surface area contributed by atoms with Crippen molar-refractivity contribution in [1.82, 2.24) is 0 Å². The first-order valence-corrected chi connectivity index (χ1v) is 5.41. The van der Waals surface area contributed by atoms with Gasteiger partial charge in [0.25, 0.3) is 0 Å². The van der Waals surface area contributed by atoms with Gasteiger partial charge in [0.15, 0.2) is 0 Å². The van der Waals surface area contributed by atoms with Crippen LogP contribution in [0.25, 0.3) is 15.3 Å². The number of aldehydes is 1. The summed E-state index contributed by atoms with van der Waals surface area (Å²) < 4.78 is 0.814. The summed E-state index contributed by atoms with van der Waals surface area (Å²) in [5.74, 6) is 0. The third-order valence-corrected chi connectivity index (χ3v) is 2.95. The molecule has 0 amide bonds. The predicted molar refractivity (Wildman–Crippen MR) is 66.9 cm³/mol. The number of benzene rings is 2. The van der Waals surface area contributed by atoms with Gasteiger partial charge in [-0.1, -0.05) is 58.4 Å². The Kier molecular flexibility index (Phi) is 2.97. The van der Waals surface area contributed by atoms with Crippen LogP contribution in [0.4, 0.5) is 0 Å². The maximum Gasteiger partial charge on any atom is 0.143 e. The monoisotopic (exact) mass is 260 g/mol. The molecule has 0 saturated carbocycles. The van der Waals surface area contributed by atoms with Crippen LogP contribution in [0.15, 0.2) is 48.5 Å². The summed E-state index contributed by atoms with van der Waals surface area (Å²) in [4.78, 5) is 10.4. The van der Waals surface area contributed by atoms with Crippen molar-refractivity contribution in [3.8, 4) is 0 Å². The molecular formula is C13H9BrO. The maximum atomic E-state index is 10.4. The van der Waals surface area contributed by atoms with Gasteiger partial charge in [-0.15, -0.1) is 0 Å². The Hall–Kier alpha value is -1.41. The second-order valence-electron chi connectivity index (χ2n) is 3.18. The predicted octanol–water partition coefficient (Wildman–Crippen LogP) is 3.77. The molecule has 74 valence electrons. The zero-order valence-electron chi connectivity index (χ0n) is 7.98. The largest absolute Gasteiger partial charge is 0.299 e. The van der Waals surface area contributed by atoms with Crippen LogP contribution in [0, 0.1) is 0 Å². The van der Waals surface area contributed by atoms with Crippen LogP contribution >= 0.6 is 15.9 Å². The van der Waals surface area contributed by atoms with Gasteiger partial charge in [0.05, 0.1) is 0 Å². The topological polar surface area (TPSA) is 17.1 Å². The molecule has 0 heterocycles. The summed E-state index contributed by atoms with van der Waals surface area (Å²) in [6.45, 7) is 0. The molecule has 1 nitrogen and oxygen atoms in total. The van der Waals surface area contributed by atoms with E-state index in [-0.39, 0.29) is 0 Å². The van der Waals surface area contributed by atoms with Gasteiger partial charge in [-0.3, -0.25) is 4.79 Å². The molecule has 0 radical (unpaired) electrons. The van der Waals surface area contributed by atoms with Crippen molar-refractivity contribution >= 4 is 37.5 Å². The van der Waals surface area contributed by atoms with Crippen LogP contribution in [-0.4, -0.2) is 6.29 Å². The van der Waals surface area contributed by atoms with E-state index >= 15 is 0 Å². The number of halogens is 1. The average Bonchev–Trinajstić information content (AvgIpc) is 2.28. The van der Waals surface area contributed by atoms with Gasteiger partial charge < -0.3 is 0 Å². The fraction of sp³-hybridized carbons (Fsp3) is 0. The van der Waals surface area contributed by atoms with Crippen LogP contribution < -0.4 is 0 Å². The van der Waals surface area contributed by atoms with E-state index in [2.05, 4.69) is 28.1 Å². The highest BCUT2D eigenvalue weighted by molar-refractivity contribution is 9.15. The summed E-state index contributed by atoms with van der Waals surface area (Å²) in [7, 11) is 0. The first-order valence-electron chi connectivity index (χ1n) is 4.62. The lowest BCUT2D eigenvalue weighted by molar-refractivity contribution is -0.104. The Morgan fingerprint density at radius 3 is 2.60 bits per heavy atom. The van der Waals surface area contributed by atoms with Gasteiger partial charge in [-0.05, 0) is 22.4 Å². The van der Waals surface area contributed by atoms with Crippen LogP contribution in [0.3, 0.4) is 0 Å². The SMILES string of the molecule is O=C/C=C(\Br)c1cccc2ccccc12. The normalized spacial score (nSPS) is 11.7. The quantitative estimate of drug-likeness (QED) is 0.594. The Balaban J connectivity index is 2.71. The third-order valence-electron chi connectivity index (χ3n) is 2.26. The van der Waals surface area contributed by atoms with E-state index in [0.717, 1.165) is 21.7 Å². The highest BCUT2D eigenvalue weighted by Crippen LogP contribution is 2.28. The average molecular weight is 261 g/mol. The number of carbonyl (C=O) groups excluding carboxylic acids is 1. The highest BCUT2D eigenvalue weighted by atomic mass is 79.9. The summed E-state index contributed by atoms with van der Waals surface area (Å²) in [6.07, 6.45) is 2.30. The number of allylic oxidation sites excluding steroid dienone is 1. The molecule has 0 bridgehead atoms. The number of carbonyl (C=O) groups is 1. The fourth-order valence-electron chi connectivity index (χ4n) is 1.58. The summed E-state index contributed by atoms with van der Waals surface area (Å²) >= 11 is 3.40. The van der Waals surface area contributed by atoms with Gasteiger partial charge in [0.2, 0.25) is 0 Å². The minimum absolute atomic E-state index is 0.784. The molecule has 15 heavy (non-hydrogen) atoms. The Morgan fingerprint density at radius 2 is 1.80 bits per heavy atom. The second-order valence-corrected chi connectivity index (χ2v) is 4.03. The van der Waals surface area contributed by atoms with Crippen molar-refractivity contribution in [3.63, 3.8) is 0 Å². The molecule has 0 unspecified atom stereocenters. The molecule has 0 aliphatic rings. The lowest BCUT2D eigenvalue weighted by atomic mass is 10.0. The molecule has 0 fully saturated rings. The minimum atomic E-state index is 0.784. The first kappa shape index (κ1) is 10.1. The molecule has 0 saturated heterocycles. The Morgan fingerprint density at radius 1 is 1.07 bits per heavy atom. The smallest absolute Gasteiger partial charge is 0.143 e. The maximum absolute atomic E-state index is 10.4. The summed E-state index contributed by atoms with van der Waals surface area (Å²) in [5, 5.41) is 2.32. The third kappa shape index (κ3) is 2.00. The lowest BCUT2D eigenvalue weighted by Crippen LogP contribution is -1.81. The van der Waals surface area contributed by atoms with Crippen molar-refractivity contribution in [3.05, 3.63) is 54.1 Å². The lowest BCUT2D eigenvalue weighted by Gasteiger charge is -2.04. The highest BCUT2D eigenvalue weighted by Gasteiger charge is 2.02. The van der Waals surface area contributed by atoms with E-state index in [1.54, 1.807) is 0 Å². The molecule has 2 aromatic carbocycles. The van der Waals surface area contributed by atoms with E-state index in [9.17, 15) is 4.79 Å². The molecule has 0 spiro atoms. The number of rotatable bonds is 2. The van der Waals surface area contributed by atoms with Gasteiger partial charge in [0, 0.05) is 4.48 Å². The first-order chi connectivity index (χ1) is 7.33. The van der Waals surface area contributed by atoms with Crippen molar-refractivity contribution in [2.75, 3.05) is 0 Å². The molecule has 0 aliphatic heterocycles. The van der Waals surface area contributed by atoms with Crippen LogP contribution in [-0.2, 0) is 4.79 Å². The zero-order valence-corrected chi connectivity index (χ0v) is 9.57. The number of hydrogen-bond donors (Lipinski definition) is 0. The van der Waals surface area contributed by atoms with Crippen LogP contribution in [0.5, 0.6) is 0 Å². The molecule has 2 rings (SSSR count). The van der Waals surface area contributed by atoms with Crippen molar-refractivity contribution in [2.24, 2.45) is 0 Å².